The first kappa shape index (κ1) is 21.4. The first-order valence-corrected chi connectivity index (χ1v) is 8.36. The lowest BCUT2D eigenvalue weighted by Gasteiger charge is -2.29. The van der Waals surface area contributed by atoms with Crippen LogP contribution in [0, 0.1) is 10.8 Å². The fourth-order valence-electron chi connectivity index (χ4n) is 2.60. The van der Waals surface area contributed by atoms with Gasteiger partial charge >= 0.3 is 5.97 Å². The molecule has 4 nitrogen and oxygen atoms in total. The van der Waals surface area contributed by atoms with Crippen LogP contribution in [0.2, 0.25) is 0 Å². The van der Waals surface area contributed by atoms with Gasteiger partial charge in [0.25, 0.3) is 0 Å². The summed E-state index contributed by atoms with van der Waals surface area (Å²) in [5.41, 5.74) is -0.0226. The van der Waals surface area contributed by atoms with Gasteiger partial charge in [-0.15, -0.1) is 0 Å². The molecule has 132 valence electrons. The van der Waals surface area contributed by atoms with Crippen LogP contribution in [0.4, 0.5) is 0 Å². The Hall–Kier alpha value is -0.610. The van der Waals surface area contributed by atoms with Gasteiger partial charge in [0.15, 0.2) is 0 Å². The van der Waals surface area contributed by atoms with Crippen molar-refractivity contribution < 1.29 is 19.6 Å². The van der Waals surface area contributed by atoms with E-state index < -0.39 is 5.60 Å². The molecule has 0 unspecified atom stereocenters. The van der Waals surface area contributed by atoms with Crippen molar-refractivity contribution in [3.63, 3.8) is 0 Å². The van der Waals surface area contributed by atoms with Gasteiger partial charge in [0.2, 0.25) is 0 Å². The third-order valence-electron chi connectivity index (χ3n) is 3.15. The van der Waals surface area contributed by atoms with Gasteiger partial charge in [0.05, 0.1) is 0 Å². The fraction of sp³-hybridized carbons (Fsp3) is 0.944. The van der Waals surface area contributed by atoms with E-state index in [0.29, 0.717) is 11.8 Å². The summed E-state index contributed by atoms with van der Waals surface area (Å²) in [5.74, 6) is -0.373. The molecule has 0 amide bonds. The molecule has 22 heavy (non-hydrogen) atoms. The first-order chi connectivity index (χ1) is 9.81. The van der Waals surface area contributed by atoms with Crippen LogP contribution >= 0.6 is 0 Å². The normalized spacial score (nSPS) is 13.3. The maximum Gasteiger partial charge on any atom is 0.345 e. The molecule has 0 N–H and O–H groups in total. The van der Waals surface area contributed by atoms with Gasteiger partial charge < -0.3 is 0 Å². The zero-order valence-corrected chi connectivity index (χ0v) is 15.9. The van der Waals surface area contributed by atoms with Crippen LogP contribution in [0.15, 0.2) is 0 Å². The molecule has 0 saturated carbocycles. The highest BCUT2D eigenvalue weighted by atomic mass is 17.5. The molecule has 0 radical (unpaired) electrons. The molecule has 0 saturated heterocycles. The van der Waals surface area contributed by atoms with Crippen molar-refractivity contribution in [1.29, 1.82) is 0 Å². The van der Waals surface area contributed by atoms with E-state index in [1.54, 1.807) is 0 Å². The highest BCUT2D eigenvalue weighted by molar-refractivity contribution is 5.68. The topological polar surface area (TPSA) is 44.8 Å². The van der Waals surface area contributed by atoms with Crippen molar-refractivity contribution >= 4 is 5.97 Å². The zero-order valence-electron chi connectivity index (χ0n) is 15.9. The Kier molecular flexibility index (Phi) is 8.63. The number of hydrogen-bond donors (Lipinski definition) is 0. The summed E-state index contributed by atoms with van der Waals surface area (Å²) in [4.78, 5) is 21.4. The molecule has 0 aliphatic rings. The molecule has 0 atom stereocenters. The first-order valence-electron chi connectivity index (χ1n) is 8.36. The molecular formula is C18H36O4. The van der Waals surface area contributed by atoms with E-state index in [9.17, 15) is 4.79 Å². The number of carbonyl (C=O) groups excluding carboxylic acids is 1. The Morgan fingerprint density at radius 2 is 1.41 bits per heavy atom. The quantitative estimate of drug-likeness (QED) is 0.315. The van der Waals surface area contributed by atoms with Crippen LogP contribution in [0.5, 0.6) is 0 Å². The summed E-state index contributed by atoms with van der Waals surface area (Å²) in [5, 5.41) is 4.67. The highest BCUT2D eigenvalue weighted by Crippen LogP contribution is 2.29. The van der Waals surface area contributed by atoms with Gasteiger partial charge in [-0.25, -0.2) is 4.79 Å². The lowest BCUT2D eigenvalue weighted by atomic mass is 9.84. The Balaban J connectivity index is 3.74. The Labute approximate surface area is 136 Å². The van der Waals surface area contributed by atoms with Gasteiger partial charge in [-0.3, -0.25) is 4.89 Å². The van der Waals surface area contributed by atoms with E-state index in [0.717, 1.165) is 25.7 Å². The summed E-state index contributed by atoms with van der Waals surface area (Å²) in [6.45, 7) is 16.9. The summed E-state index contributed by atoms with van der Waals surface area (Å²) in [6, 6.07) is 0. The average Bonchev–Trinajstić information content (AvgIpc) is 2.23. The van der Waals surface area contributed by atoms with E-state index >= 15 is 0 Å². The van der Waals surface area contributed by atoms with Crippen molar-refractivity contribution in [2.45, 2.75) is 99.5 Å². The van der Waals surface area contributed by atoms with Crippen molar-refractivity contribution in [2.24, 2.45) is 10.8 Å². The monoisotopic (exact) mass is 316 g/mol. The fourth-order valence-corrected chi connectivity index (χ4v) is 2.60. The lowest BCUT2D eigenvalue weighted by Crippen LogP contribution is -2.30. The molecule has 0 spiro atoms. The maximum atomic E-state index is 11.5. The third-order valence-corrected chi connectivity index (χ3v) is 3.15. The molecule has 0 heterocycles. The van der Waals surface area contributed by atoms with Crippen molar-refractivity contribution in [3.05, 3.63) is 0 Å². The second-order valence-corrected chi connectivity index (χ2v) is 9.23. The summed E-state index contributed by atoms with van der Waals surface area (Å²) in [7, 11) is 0. The van der Waals surface area contributed by atoms with E-state index in [1.807, 2.05) is 13.8 Å². The minimum absolute atomic E-state index is 0.115. The largest absolute Gasteiger partial charge is 0.345 e. The van der Waals surface area contributed by atoms with Crippen molar-refractivity contribution in [2.75, 3.05) is 0 Å². The average molecular weight is 316 g/mol. The SMILES string of the molecule is CC(C)(C)CCCCCC(=O)OOOC(C)(C)CC(C)(C)C. The Morgan fingerprint density at radius 1 is 0.818 bits per heavy atom. The summed E-state index contributed by atoms with van der Waals surface area (Å²) < 4.78 is 0. The molecule has 0 rings (SSSR count). The number of unbranched alkanes of at least 4 members (excludes halogenated alkanes) is 2. The van der Waals surface area contributed by atoms with Crippen LogP contribution in [0.1, 0.15) is 93.9 Å². The molecular weight excluding hydrogens is 280 g/mol. The van der Waals surface area contributed by atoms with E-state index in [1.165, 1.54) is 6.42 Å². The number of rotatable bonds is 9. The van der Waals surface area contributed by atoms with Gasteiger partial charge in [0.1, 0.15) is 5.60 Å². The Morgan fingerprint density at radius 3 is 1.91 bits per heavy atom. The summed E-state index contributed by atoms with van der Waals surface area (Å²) in [6.07, 6.45) is 5.32. The lowest BCUT2D eigenvalue weighted by molar-refractivity contribution is -0.518. The smallest absolute Gasteiger partial charge is 0.269 e. The molecule has 0 aliphatic heterocycles. The predicted molar refractivity (Wildman–Crippen MR) is 89.0 cm³/mol. The summed E-state index contributed by atoms with van der Waals surface area (Å²) >= 11 is 0. The molecule has 0 fully saturated rings. The molecule has 0 bridgehead atoms. The predicted octanol–water partition coefficient (Wildman–Crippen LogP) is 5.60. The van der Waals surface area contributed by atoms with Crippen LogP contribution in [0.25, 0.3) is 0 Å². The molecule has 0 aromatic carbocycles. The molecule has 4 heteroatoms. The van der Waals surface area contributed by atoms with E-state index in [-0.39, 0.29) is 11.4 Å². The zero-order chi connectivity index (χ0) is 17.4. The van der Waals surface area contributed by atoms with E-state index in [2.05, 4.69) is 51.5 Å². The molecule has 0 aromatic rings. The molecule has 0 aliphatic carbocycles. The van der Waals surface area contributed by atoms with Crippen LogP contribution in [0.3, 0.4) is 0 Å². The second-order valence-electron chi connectivity index (χ2n) is 9.23. The minimum atomic E-state index is -0.495. The van der Waals surface area contributed by atoms with E-state index in [4.69, 9.17) is 4.89 Å². The van der Waals surface area contributed by atoms with Crippen LogP contribution < -0.4 is 0 Å². The van der Waals surface area contributed by atoms with Crippen molar-refractivity contribution in [1.82, 2.24) is 0 Å². The standard InChI is InChI=1S/C18H36O4/c1-16(2,3)13-11-9-10-12-15(19)20-22-21-18(7,8)14-17(4,5)6/h9-14H2,1-8H3. The number of carbonyl (C=O) groups is 1. The maximum absolute atomic E-state index is 11.5. The van der Waals surface area contributed by atoms with Crippen LogP contribution in [-0.4, -0.2) is 11.6 Å². The second kappa shape index (κ2) is 8.88. The third kappa shape index (κ3) is 14.3. The van der Waals surface area contributed by atoms with Gasteiger partial charge in [-0.1, -0.05) is 54.4 Å². The molecule has 0 aromatic heterocycles. The van der Waals surface area contributed by atoms with Gasteiger partial charge in [0, 0.05) is 6.42 Å². The van der Waals surface area contributed by atoms with Crippen LogP contribution in [-0.2, 0) is 19.6 Å². The van der Waals surface area contributed by atoms with Gasteiger partial charge in [-0.05, 0) is 49.0 Å². The Bertz CT molecular complexity index is 321. The highest BCUT2D eigenvalue weighted by Gasteiger charge is 2.28. The van der Waals surface area contributed by atoms with Crippen molar-refractivity contribution in [3.8, 4) is 0 Å². The van der Waals surface area contributed by atoms with Gasteiger partial charge in [-0.2, -0.15) is 4.89 Å². The number of hydrogen-bond acceptors (Lipinski definition) is 4. The minimum Gasteiger partial charge on any atom is -0.269 e.